The summed E-state index contributed by atoms with van der Waals surface area (Å²) in [5.74, 6) is -0.204. The molecule has 2 aromatic carbocycles. The second-order valence-electron chi connectivity index (χ2n) is 13.0. The van der Waals surface area contributed by atoms with Gasteiger partial charge in [-0.1, -0.05) is 56.5 Å². The van der Waals surface area contributed by atoms with Gasteiger partial charge in [-0.15, -0.1) is 0 Å². The highest BCUT2D eigenvalue weighted by Crippen LogP contribution is 2.52. The number of hydrogen-bond donors (Lipinski definition) is 3. The third-order valence-electron chi connectivity index (χ3n) is 9.61. The van der Waals surface area contributed by atoms with Gasteiger partial charge in [-0.2, -0.15) is 0 Å². The van der Waals surface area contributed by atoms with E-state index >= 15 is 0 Å². The van der Waals surface area contributed by atoms with Crippen molar-refractivity contribution in [3.8, 4) is 0 Å². The second-order valence-corrected chi connectivity index (χ2v) is 13.0. The standard InChI is InChI=1S/C37H43BN2O6/c1-4-8-24(19-28-16-17-29(22-41)45-28)11-18-33-34-30(23(2)3)20-31-35(32(34)21-38(44)46-33)37(43)40(36(31)42)27-14-12-26(13-15-27)39-25-9-6-5-7-10-25/h5-7,9-10,12-17,19,23,31-33,35,39,41,44H,4,8,11,18,20-22H2,1-3H3/b24-19+/t31-,32+,33-,35-/m1/s1. The fourth-order valence-electron chi connectivity index (χ4n) is 7.55. The first-order valence-corrected chi connectivity index (χ1v) is 16.5. The molecule has 3 aromatic rings. The average Bonchev–Trinajstić information content (AvgIpc) is 3.61. The first kappa shape index (κ1) is 32.0. The van der Waals surface area contributed by atoms with E-state index in [9.17, 15) is 19.7 Å². The van der Waals surface area contributed by atoms with Crippen LogP contribution in [-0.4, -0.2) is 35.2 Å². The number of hydrogen-bond acceptors (Lipinski definition) is 7. The molecule has 6 rings (SSSR count). The normalized spacial score (nSPS) is 23.3. The second kappa shape index (κ2) is 13.8. The van der Waals surface area contributed by atoms with Crippen molar-refractivity contribution < 1.29 is 28.8 Å². The number of imide groups is 1. The Hall–Kier alpha value is -3.92. The van der Waals surface area contributed by atoms with E-state index in [1.165, 1.54) is 16.0 Å². The zero-order chi connectivity index (χ0) is 32.4. The maximum absolute atomic E-state index is 14.2. The fraction of sp³-hybridized carbons (Fsp3) is 0.405. The van der Waals surface area contributed by atoms with Crippen molar-refractivity contribution in [2.45, 2.75) is 71.9 Å². The molecule has 46 heavy (non-hydrogen) atoms. The fourth-order valence-corrected chi connectivity index (χ4v) is 7.55. The summed E-state index contributed by atoms with van der Waals surface area (Å²) in [6, 6.07) is 20.9. The number of aliphatic hydroxyl groups excluding tert-OH is 1. The number of furan rings is 1. The van der Waals surface area contributed by atoms with Crippen LogP contribution in [0.4, 0.5) is 17.1 Å². The van der Waals surface area contributed by atoms with Crippen LogP contribution in [0.25, 0.3) is 6.08 Å². The molecular weight excluding hydrogens is 579 g/mol. The first-order valence-electron chi connectivity index (χ1n) is 16.5. The number of rotatable bonds is 11. The van der Waals surface area contributed by atoms with Crippen LogP contribution in [0.1, 0.15) is 64.4 Å². The van der Waals surface area contributed by atoms with Crippen molar-refractivity contribution in [3.05, 3.63) is 95.0 Å². The van der Waals surface area contributed by atoms with Crippen molar-refractivity contribution in [2.75, 3.05) is 10.2 Å². The lowest BCUT2D eigenvalue weighted by Crippen LogP contribution is -2.46. The number of benzene rings is 2. The minimum absolute atomic E-state index is 0.143. The van der Waals surface area contributed by atoms with Gasteiger partial charge >= 0.3 is 7.12 Å². The third-order valence-corrected chi connectivity index (χ3v) is 9.61. The first-order chi connectivity index (χ1) is 22.3. The zero-order valence-corrected chi connectivity index (χ0v) is 26.8. The number of aliphatic hydroxyl groups is 1. The predicted octanol–water partition coefficient (Wildman–Crippen LogP) is 7.14. The molecule has 2 fully saturated rings. The van der Waals surface area contributed by atoms with E-state index in [1.54, 1.807) is 6.07 Å². The van der Waals surface area contributed by atoms with Gasteiger partial charge in [-0.25, -0.2) is 0 Å². The Morgan fingerprint density at radius 1 is 1.00 bits per heavy atom. The number of fused-ring (bicyclic) bond motifs is 3. The average molecular weight is 623 g/mol. The number of carbonyl (C=O) groups is 2. The minimum atomic E-state index is -1.01. The smallest absolute Gasteiger partial charge is 0.455 e. The maximum Gasteiger partial charge on any atom is 0.455 e. The monoisotopic (exact) mass is 622 g/mol. The van der Waals surface area contributed by atoms with Gasteiger partial charge in [0.15, 0.2) is 0 Å². The van der Waals surface area contributed by atoms with Crippen LogP contribution >= 0.6 is 0 Å². The van der Waals surface area contributed by atoms with E-state index in [2.05, 4.69) is 26.1 Å². The molecule has 1 aliphatic carbocycles. The van der Waals surface area contributed by atoms with Crippen molar-refractivity contribution in [1.82, 2.24) is 0 Å². The van der Waals surface area contributed by atoms with Crippen molar-refractivity contribution in [3.63, 3.8) is 0 Å². The highest BCUT2D eigenvalue weighted by atomic mass is 16.5. The van der Waals surface area contributed by atoms with E-state index in [0.29, 0.717) is 36.4 Å². The number of amides is 2. The van der Waals surface area contributed by atoms with Gasteiger partial charge in [0.25, 0.3) is 0 Å². The Labute approximate surface area is 271 Å². The third kappa shape index (κ3) is 6.50. The van der Waals surface area contributed by atoms with Crippen molar-refractivity contribution in [1.29, 1.82) is 0 Å². The van der Waals surface area contributed by atoms with Crippen LogP contribution in [0.15, 0.2) is 87.9 Å². The number of carbonyl (C=O) groups excluding carboxylic acids is 2. The van der Waals surface area contributed by atoms with Gasteiger partial charge in [0, 0.05) is 11.4 Å². The van der Waals surface area contributed by atoms with E-state index < -0.39 is 19.0 Å². The van der Waals surface area contributed by atoms with Crippen LogP contribution in [0.2, 0.25) is 6.32 Å². The van der Waals surface area contributed by atoms with Crippen LogP contribution in [-0.2, 0) is 20.9 Å². The van der Waals surface area contributed by atoms with Gasteiger partial charge in [-0.05, 0) is 104 Å². The lowest BCUT2D eigenvalue weighted by Gasteiger charge is -2.44. The van der Waals surface area contributed by atoms with Crippen molar-refractivity contribution in [2.24, 2.45) is 23.7 Å². The highest BCUT2D eigenvalue weighted by molar-refractivity contribution is 6.43. The molecule has 0 spiro atoms. The summed E-state index contributed by atoms with van der Waals surface area (Å²) in [6.07, 6.45) is 5.74. The molecular formula is C37H43BN2O6. The van der Waals surface area contributed by atoms with E-state index in [1.807, 2.05) is 66.7 Å². The maximum atomic E-state index is 14.2. The quantitative estimate of drug-likeness (QED) is 0.118. The number of allylic oxidation sites excluding steroid dienone is 2. The van der Waals surface area contributed by atoms with E-state index in [-0.39, 0.29) is 36.4 Å². The molecule has 3 heterocycles. The topological polar surface area (TPSA) is 112 Å². The molecule has 3 aliphatic rings. The van der Waals surface area contributed by atoms with E-state index in [0.717, 1.165) is 36.2 Å². The molecule has 1 aromatic heterocycles. The molecule has 0 saturated carbocycles. The molecule has 0 bridgehead atoms. The van der Waals surface area contributed by atoms with Gasteiger partial charge < -0.3 is 24.5 Å². The molecule has 8 nitrogen and oxygen atoms in total. The molecule has 2 amide bonds. The molecule has 0 radical (unpaired) electrons. The zero-order valence-electron chi connectivity index (χ0n) is 26.8. The van der Waals surface area contributed by atoms with Gasteiger partial charge in [0.2, 0.25) is 11.8 Å². The summed E-state index contributed by atoms with van der Waals surface area (Å²) in [5.41, 5.74) is 5.86. The number of nitrogens with zero attached hydrogens (tertiary/aromatic N) is 1. The lowest BCUT2D eigenvalue weighted by molar-refractivity contribution is -0.122. The molecule has 3 N–H and O–H groups in total. The number of anilines is 3. The minimum Gasteiger partial charge on any atom is -0.459 e. The molecule has 2 saturated heterocycles. The highest BCUT2D eigenvalue weighted by Gasteiger charge is 2.57. The van der Waals surface area contributed by atoms with Crippen LogP contribution in [0, 0.1) is 23.7 Å². The van der Waals surface area contributed by atoms with Crippen LogP contribution in [0.3, 0.4) is 0 Å². The molecule has 9 heteroatoms. The molecule has 240 valence electrons. The predicted molar refractivity (Wildman–Crippen MR) is 180 cm³/mol. The molecule has 0 unspecified atom stereocenters. The Morgan fingerprint density at radius 3 is 2.41 bits per heavy atom. The Bertz CT molecular complexity index is 1610. The summed E-state index contributed by atoms with van der Waals surface area (Å²) in [5, 5.41) is 23.7. The van der Waals surface area contributed by atoms with Crippen molar-refractivity contribution >= 4 is 42.1 Å². The van der Waals surface area contributed by atoms with E-state index in [4.69, 9.17) is 9.07 Å². The summed E-state index contributed by atoms with van der Waals surface area (Å²) in [7, 11) is -1.01. The Morgan fingerprint density at radius 2 is 1.74 bits per heavy atom. The summed E-state index contributed by atoms with van der Waals surface area (Å²) < 4.78 is 11.9. The number of nitrogens with one attached hydrogen (secondary N) is 1. The largest absolute Gasteiger partial charge is 0.459 e. The number of para-hydroxylation sites is 1. The van der Waals surface area contributed by atoms with Gasteiger partial charge in [-0.3, -0.25) is 14.5 Å². The Balaban J connectivity index is 1.24. The lowest BCUT2D eigenvalue weighted by atomic mass is 9.57. The molecule has 4 atom stereocenters. The van der Waals surface area contributed by atoms with Crippen LogP contribution in [0.5, 0.6) is 0 Å². The summed E-state index contributed by atoms with van der Waals surface area (Å²) in [4.78, 5) is 29.5. The Kier molecular flexibility index (Phi) is 9.63. The summed E-state index contributed by atoms with van der Waals surface area (Å²) in [6.45, 7) is 6.26. The molecule has 2 aliphatic heterocycles. The SMILES string of the molecule is CCC/C(=C\c1ccc(CO)o1)CC[C@H]1OB(O)C[C@H]2C1=C(C(C)C)C[C@H]1C(=O)N(c3ccc(Nc4ccccc4)cc3)C(=O)[C@H]12. The van der Waals surface area contributed by atoms with Crippen LogP contribution < -0.4 is 10.2 Å². The summed E-state index contributed by atoms with van der Waals surface area (Å²) >= 11 is 0. The van der Waals surface area contributed by atoms with Gasteiger partial charge in [0.1, 0.15) is 18.1 Å². The van der Waals surface area contributed by atoms with Gasteiger partial charge in [0.05, 0.1) is 23.6 Å².